The smallest absolute Gasteiger partial charge is 0.257 e. The zero-order chi connectivity index (χ0) is 23.9. The van der Waals surface area contributed by atoms with Crippen molar-refractivity contribution in [2.75, 3.05) is 18.4 Å². The number of fused-ring (bicyclic) bond motifs is 2. The fourth-order valence-electron chi connectivity index (χ4n) is 4.64. The molecule has 0 atom stereocenters. The Morgan fingerprint density at radius 3 is 2.59 bits per heavy atom. The molecular weight excluding hydrogens is 466 g/mol. The number of nitrogens with one attached hydrogen (secondary N) is 1. The fraction of sp³-hybridized carbons (Fsp3) is 0.308. The number of amides is 1. The van der Waals surface area contributed by atoms with E-state index >= 15 is 0 Å². The van der Waals surface area contributed by atoms with Gasteiger partial charge in [0.1, 0.15) is 0 Å². The summed E-state index contributed by atoms with van der Waals surface area (Å²) in [4.78, 5) is 17.8. The lowest BCUT2D eigenvalue weighted by atomic mass is 10.0. The highest BCUT2D eigenvalue weighted by molar-refractivity contribution is 7.89. The van der Waals surface area contributed by atoms with Gasteiger partial charge in [0.15, 0.2) is 5.13 Å². The number of unbranched alkanes of at least 4 members (excludes halogenated alkanes) is 1. The fourth-order valence-corrected chi connectivity index (χ4v) is 7.07. The molecule has 1 aliphatic carbocycles. The molecule has 0 unspecified atom stereocenters. The number of hydrogen-bond donors (Lipinski definition) is 1. The molecule has 34 heavy (non-hydrogen) atoms. The number of thiazole rings is 1. The van der Waals surface area contributed by atoms with E-state index in [1.165, 1.54) is 44.3 Å². The lowest BCUT2D eigenvalue weighted by Gasteiger charge is -2.20. The van der Waals surface area contributed by atoms with E-state index in [9.17, 15) is 13.2 Å². The summed E-state index contributed by atoms with van der Waals surface area (Å²) in [6, 6.07) is 14.7. The second kappa shape index (κ2) is 9.09. The second-order valence-corrected chi connectivity index (χ2v) is 11.5. The van der Waals surface area contributed by atoms with Crippen molar-refractivity contribution in [2.24, 2.45) is 0 Å². The quantitative estimate of drug-likeness (QED) is 0.346. The number of carbonyl (C=O) groups is 1. The van der Waals surface area contributed by atoms with Gasteiger partial charge in [-0.15, -0.1) is 0 Å². The van der Waals surface area contributed by atoms with Crippen molar-refractivity contribution in [1.29, 1.82) is 0 Å². The van der Waals surface area contributed by atoms with Crippen LogP contribution in [0.1, 0.15) is 48.2 Å². The maximum absolute atomic E-state index is 12.9. The standard InChI is InChI=1S/C26H27N3O3S2/c1-3-5-15-29(4-2)34(31,32)20-13-11-18(12-14-20)25(30)28-26-27-24-21-8-6-7-17-9-10-19(23(17)21)16-22(24)33-26/h6-8,11-14,16H,3-5,9-10,15H2,1-2H3,(H,27,28,30). The summed E-state index contributed by atoms with van der Waals surface area (Å²) in [5.74, 6) is -0.307. The van der Waals surface area contributed by atoms with Gasteiger partial charge in [0.25, 0.3) is 5.91 Å². The van der Waals surface area contributed by atoms with Crippen LogP contribution in [-0.2, 0) is 22.9 Å². The van der Waals surface area contributed by atoms with Gasteiger partial charge in [-0.2, -0.15) is 4.31 Å². The molecule has 1 heterocycles. The molecular formula is C26H27N3O3S2. The number of aromatic nitrogens is 1. The van der Waals surface area contributed by atoms with Gasteiger partial charge >= 0.3 is 0 Å². The maximum Gasteiger partial charge on any atom is 0.257 e. The number of rotatable bonds is 8. The van der Waals surface area contributed by atoms with Crippen LogP contribution in [0.4, 0.5) is 5.13 Å². The van der Waals surface area contributed by atoms with Gasteiger partial charge in [-0.1, -0.05) is 49.8 Å². The predicted molar refractivity (Wildman–Crippen MR) is 138 cm³/mol. The first kappa shape index (κ1) is 23.0. The average Bonchev–Trinajstić information content (AvgIpc) is 3.44. The van der Waals surface area contributed by atoms with Crippen molar-refractivity contribution >= 4 is 53.4 Å². The second-order valence-electron chi connectivity index (χ2n) is 8.57. The molecule has 6 nitrogen and oxygen atoms in total. The molecule has 1 aliphatic rings. The van der Waals surface area contributed by atoms with Gasteiger partial charge < -0.3 is 0 Å². The molecule has 0 fully saturated rings. The van der Waals surface area contributed by atoms with E-state index < -0.39 is 10.0 Å². The highest BCUT2D eigenvalue weighted by Gasteiger charge is 2.23. The van der Waals surface area contributed by atoms with Crippen molar-refractivity contribution < 1.29 is 13.2 Å². The largest absolute Gasteiger partial charge is 0.298 e. The van der Waals surface area contributed by atoms with Gasteiger partial charge in [-0.05, 0) is 66.1 Å². The molecule has 1 aromatic heterocycles. The van der Waals surface area contributed by atoms with Crippen molar-refractivity contribution in [1.82, 2.24) is 9.29 Å². The van der Waals surface area contributed by atoms with E-state index in [0.29, 0.717) is 23.8 Å². The molecule has 5 rings (SSSR count). The van der Waals surface area contributed by atoms with E-state index in [0.717, 1.165) is 41.3 Å². The SMILES string of the molecule is CCCCN(CC)S(=O)(=O)c1ccc(C(=O)Nc2nc3c(cc4c5c(cccc53)CC4)s2)cc1. The third-order valence-corrected chi connectivity index (χ3v) is 9.34. The van der Waals surface area contributed by atoms with Gasteiger partial charge in [0.2, 0.25) is 10.0 Å². The Bertz CT molecular complexity index is 1490. The summed E-state index contributed by atoms with van der Waals surface area (Å²) >= 11 is 1.46. The summed E-state index contributed by atoms with van der Waals surface area (Å²) in [6.45, 7) is 4.78. The lowest BCUT2D eigenvalue weighted by Crippen LogP contribution is -2.31. The van der Waals surface area contributed by atoms with E-state index in [2.05, 4.69) is 29.6 Å². The third kappa shape index (κ3) is 4.00. The first-order valence-electron chi connectivity index (χ1n) is 11.7. The minimum Gasteiger partial charge on any atom is -0.298 e. The van der Waals surface area contributed by atoms with Crippen LogP contribution < -0.4 is 5.32 Å². The van der Waals surface area contributed by atoms with Gasteiger partial charge in [-0.3, -0.25) is 10.1 Å². The molecule has 0 saturated carbocycles. The summed E-state index contributed by atoms with van der Waals surface area (Å²) in [5, 5.41) is 5.87. The van der Waals surface area contributed by atoms with Crippen LogP contribution in [0, 0.1) is 0 Å². The van der Waals surface area contributed by atoms with Crippen LogP contribution >= 0.6 is 11.3 Å². The molecule has 8 heteroatoms. The van der Waals surface area contributed by atoms with Gasteiger partial charge in [-0.25, -0.2) is 13.4 Å². The van der Waals surface area contributed by atoms with Crippen LogP contribution in [-0.4, -0.2) is 36.7 Å². The summed E-state index contributed by atoms with van der Waals surface area (Å²) in [5.41, 5.74) is 4.01. The van der Waals surface area contributed by atoms with Gasteiger partial charge in [0.05, 0.1) is 15.1 Å². The zero-order valence-electron chi connectivity index (χ0n) is 19.3. The number of benzene rings is 3. The number of nitrogens with zero attached hydrogens (tertiary/aromatic N) is 2. The van der Waals surface area contributed by atoms with Crippen LogP contribution in [0.3, 0.4) is 0 Å². The molecule has 0 saturated heterocycles. The van der Waals surface area contributed by atoms with E-state index in [-0.39, 0.29) is 10.8 Å². The molecule has 0 bridgehead atoms. The number of hydrogen-bond acceptors (Lipinski definition) is 5. The molecule has 1 N–H and O–H groups in total. The first-order chi connectivity index (χ1) is 16.4. The minimum absolute atomic E-state index is 0.200. The Hall–Kier alpha value is -2.81. The topological polar surface area (TPSA) is 79.4 Å². The molecule has 3 aromatic carbocycles. The van der Waals surface area contributed by atoms with Crippen LogP contribution in [0.25, 0.3) is 21.0 Å². The van der Waals surface area contributed by atoms with Crippen LogP contribution in [0.5, 0.6) is 0 Å². The highest BCUT2D eigenvalue weighted by Crippen LogP contribution is 2.39. The summed E-state index contributed by atoms with van der Waals surface area (Å²) in [7, 11) is -3.57. The Balaban J connectivity index is 1.38. The third-order valence-electron chi connectivity index (χ3n) is 6.44. The average molecular weight is 494 g/mol. The molecule has 4 aromatic rings. The van der Waals surface area contributed by atoms with Crippen molar-refractivity contribution in [3.05, 3.63) is 65.2 Å². The Kier molecular flexibility index (Phi) is 6.14. The Morgan fingerprint density at radius 1 is 1.09 bits per heavy atom. The monoisotopic (exact) mass is 493 g/mol. The molecule has 0 aliphatic heterocycles. The number of sulfonamides is 1. The minimum atomic E-state index is -3.57. The van der Waals surface area contributed by atoms with Crippen molar-refractivity contribution in [3.8, 4) is 0 Å². The molecule has 0 spiro atoms. The lowest BCUT2D eigenvalue weighted by molar-refractivity contribution is 0.102. The van der Waals surface area contributed by atoms with E-state index in [1.807, 2.05) is 13.8 Å². The van der Waals surface area contributed by atoms with Crippen molar-refractivity contribution in [3.63, 3.8) is 0 Å². The summed E-state index contributed by atoms with van der Waals surface area (Å²) in [6.07, 6.45) is 3.84. The normalized spacial score (nSPS) is 13.3. The first-order valence-corrected chi connectivity index (χ1v) is 13.9. The maximum atomic E-state index is 12.9. The molecule has 0 radical (unpaired) electrons. The number of aryl methyl sites for hydroxylation is 2. The molecule has 1 amide bonds. The van der Waals surface area contributed by atoms with Crippen LogP contribution in [0.15, 0.2) is 53.4 Å². The number of anilines is 1. The number of carbonyl (C=O) groups excluding carboxylic acids is 1. The Morgan fingerprint density at radius 2 is 1.85 bits per heavy atom. The van der Waals surface area contributed by atoms with E-state index in [1.54, 1.807) is 12.1 Å². The Labute approximate surface area is 203 Å². The van der Waals surface area contributed by atoms with E-state index in [4.69, 9.17) is 4.98 Å². The predicted octanol–water partition coefficient (Wildman–Crippen LogP) is 5.61. The van der Waals surface area contributed by atoms with Crippen LogP contribution in [0.2, 0.25) is 0 Å². The molecule has 176 valence electrons. The zero-order valence-corrected chi connectivity index (χ0v) is 20.9. The highest BCUT2D eigenvalue weighted by atomic mass is 32.2. The van der Waals surface area contributed by atoms with Crippen molar-refractivity contribution in [2.45, 2.75) is 44.4 Å². The summed E-state index contributed by atoms with van der Waals surface area (Å²) < 4.78 is 28.4. The van der Waals surface area contributed by atoms with Gasteiger partial charge in [0, 0.05) is 24.0 Å².